The third-order valence-corrected chi connectivity index (χ3v) is 4.58. The van der Waals surface area contributed by atoms with Gasteiger partial charge in [0.05, 0.1) is 23.7 Å². The van der Waals surface area contributed by atoms with Crippen molar-refractivity contribution in [1.29, 1.82) is 0 Å². The number of carbonyl (C=O) groups is 1. The predicted octanol–water partition coefficient (Wildman–Crippen LogP) is 0.255. The molecule has 1 aliphatic heterocycles. The highest BCUT2D eigenvalue weighted by molar-refractivity contribution is 6.62. The Morgan fingerprint density at radius 1 is 1.13 bits per heavy atom. The fourth-order valence-corrected chi connectivity index (χ4v) is 2.37. The van der Waals surface area contributed by atoms with Crippen LogP contribution in [0.5, 0.6) is 0 Å². The van der Waals surface area contributed by atoms with E-state index < -0.39 is 36.4 Å². The second-order valence-electron chi connectivity index (χ2n) is 6.94. The Labute approximate surface area is 136 Å². The van der Waals surface area contributed by atoms with Gasteiger partial charge in [0.1, 0.15) is 6.10 Å². The van der Waals surface area contributed by atoms with Crippen LogP contribution < -0.4 is 11.2 Å². The van der Waals surface area contributed by atoms with Gasteiger partial charge in [-0.25, -0.2) is 0 Å². The molecule has 0 spiro atoms. The third kappa shape index (κ3) is 3.75. The van der Waals surface area contributed by atoms with Gasteiger partial charge < -0.3 is 25.3 Å². The van der Waals surface area contributed by atoms with Gasteiger partial charge in [0.25, 0.3) is 0 Å². The van der Waals surface area contributed by atoms with Crippen molar-refractivity contribution in [3.63, 3.8) is 0 Å². The fraction of sp³-hybridized carbons (Fsp3) is 0.562. The number of carbonyl (C=O) groups excluding carboxylic acids is 1. The number of hydrogen-bond donors (Lipinski definition) is 3. The average Bonchev–Trinajstić information content (AvgIpc) is 2.66. The summed E-state index contributed by atoms with van der Waals surface area (Å²) in [6, 6.07) is 6.90. The summed E-state index contributed by atoms with van der Waals surface area (Å²) in [4.78, 5) is 10.8. The van der Waals surface area contributed by atoms with Crippen LogP contribution in [-0.4, -0.2) is 40.5 Å². The third-order valence-electron chi connectivity index (χ3n) is 4.58. The summed E-state index contributed by atoms with van der Waals surface area (Å²) in [7, 11) is -0.485. The first kappa shape index (κ1) is 17.9. The SMILES string of the molecule is CC1(C)OB(c2ccc(C(O)C(O)CC(N)=O)cc2)OC1(C)C. The van der Waals surface area contributed by atoms with E-state index in [1.54, 1.807) is 24.3 Å². The number of aliphatic hydroxyl groups is 2. The molecule has 0 bridgehead atoms. The van der Waals surface area contributed by atoms with Gasteiger partial charge >= 0.3 is 7.12 Å². The zero-order valence-corrected chi connectivity index (χ0v) is 13.9. The normalized spacial score (nSPS) is 21.9. The number of amides is 1. The Hall–Kier alpha value is -1.41. The van der Waals surface area contributed by atoms with E-state index in [4.69, 9.17) is 15.0 Å². The van der Waals surface area contributed by atoms with Gasteiger partial charge in [-0.15, -0.1) is 0 Å². The van der Waals surface area contributed by atoms with Crippen LogP contribution in [0.1, 0.15) is 45.8 Å². The molecule has 0 radical (unpaired) electrons. The molecule has 0 aromatic heterocycles. The van der Waals surface area contributed by atoms with Crippen LogP contribution in [0.4, 0.5) is 0 Å². The smallest absolute Gasteiger partial charge is 0.399 e. The molecule has 0 aliphatic carbocycles. The number of rotatable bonds is 5. The first-order valence-corrected chi connectivity index (χ1v) is 7.63. The predicted molar refractivity (Wildman–Crippen MR) is 86.9 cm³/mol. The van der Waals surface area contributed by atoms with E-state index in [0.29, 0.717) is 5.56 Å². The zero-order valence-electron chi connectivity index (χ0n) is 13.9. The molecule has 1 heterocycles. The lowest BCUT2D eigenvalue weighted by atomic mass is 9.78. The van der Waals surface area contributed by atoms with Crippen molar-refractivity contribution in [2.24, 2.45) is 5.73 Å². The molecule has 0 saturated carbocycles. The molecular formula is C16H24BNO5. The Balaban J connectivity index is 2.10. The summed E-state index contributed by atoms with van der Waals surface area (Å²) in [5.41, 5.74) is 5.50. The second kappa shape index (κ2) is 6.24. The molecule has 2 rings (SSSR count). The van der Waals surface area contributed by atoms with Gasteiger partial charge in [-0.3, -0.25) is 4.79 Å². The molecule has 23 heavy (non-hydrogen) atoms. The van der Waals surface area contributed by atoms with Crippen molar-refractivity contribution in [2.75, 3.05) is 0 Å². The van der Waals surface area contributed by atoms with Gasteiger partial charge in [0, 0.05) is 0 Å². The van der Waals surface area contributed by atoms with Gasteiger partial charge in [-0.05, 0) is 38.7 Å². The van der Waals surface area contributed by atoms with Crippen LogP contribution in [0, 0.1) is 0 Å². The fourth-order valence-electron chi connectivity index (χ4n) is 2.37. The summed E-state index contributed by atoms with van der Waals surface area (Å²) in [6.45, 7) is 7.91. The average molecular weight is 321 g/mol. The molecule has 1 amide bonds. The summed E-state index contributed by atoms with van der Waals surface area (Å²) in [5, 5.41) is 19.8. The molecule has 1 aliphatic rings. The molecule has 2 atom stereocenters. The summed E-state index contributed by atoms with van der Waals surface area (Å²) in [6.07, 6.45) is -2.69. The molecule has 1 aromatic carbocycles. The number of benzene rings is 1. The first-order valence-electron chi connectivity index (χ1n) is 7.63. The number of primary amides is 1. The number of aliphatic hydroxyl groups excluding tert-OH is 2. The van der Waals surface area contributed by atoms with Gasteiger partial charge in [0.15, 0.2) is 0 Å². The van der Waals surface area contributed by atoms with E-state index in [1.165, 1.54) is 0 Å². The summed E-state index contributed by atoms with van der Waals surface area (Å²) >= 11 is 0. The van der Waals surface area contributed by atoms with E-state index in [9.17, 15) is 15.0 Å². The molecule has 1 fully saturated rings. The maximum atomic E-state index is 10.8. The molecule has 126 valence electrons. The van der Waals surface area contributed by atoms with Crippen LogP contribution in [0.15, 0.2) is 24.3 Å². The van der Waals surface area contributed by atoms with Crippen LogP contribution in [0.25, 0.3) is 0 Å². The Morgan fingerprint density at radius 2 is 1.61 bits per heavy atom. The quantitative estimate of drug-likeness (QED) is 0.675. The largest absolute Gasteiger partial charge is 0.494 e. The molecule has 7 heteroatoms. The van der Waals surface area contributed by atoms with Crippen molar-refractivity contribution in [1.82, 2.24) is 0 Å². The molecule has 2 unspecified atom stereocenters. The highest BCUT2D eigenvalue weighted by Crippen LogP contribution is 2.36. The van der Waals surface area contributed by atoms with Crippen molar-refractivity contribution < 1.29 is 24.3 Å². The number of hydrogen-bond acceptors (Lipinski definition) is 5. The lowest BCUT2D eigenvalue weighted by Crippen LogP contribution is -2.41. The van der Waals surface area contributed by atoms with Gasteiger partial charge in [0.2, 0.25) is 5.91 Å². The monoisotopic (exact) mass is 321 g/mol. The van der Waals surface area contributed by atoms with Crippen molar-refractivity contribution in [2.45, 2.75) is 57.5 Å². The molecule has 1 saturated heterocycles. The standard InChI is InChI=1S/C16H24BNO5/c1-15(2)16(3,4)23-17(22-15)11-7-5-10(6-8-11)14(21)12(19)9-13(18)20/h5-8,12,14,19,21H,9H2,1-4H3,(H2,18,20). The minimum Gasteiger partial charge on any atom is -0.399 e. The lowest BCUT2D eigenvalue weighted by molar-refractivity contribution is -0.121. The van der Waals surface area contributed by atoms with Crippen LogP contribution in [0.3, 0.4) is 0 Å². The van der Waals surface area contributed by atoms with Crippen molar-refractivity contribution in [3.8, 4) is 0 Å². The van der Waals surface area contributed by atoms with Gasteiger partial charge in [-0.1, -0.05) is 24.3 Å². The second-order valence-corrected chi connectivity index (χ2v) is 6.94. The van der Waals surface area contributed by atoms with Gasteiger partial charge in [-0.2, -0.15) is 0 Å². The number of nitrogens with two attached hydrogens (primary N) is 1. The van der Waals surface area contributed by atoms with E-state index in [1.807, 2.05) is 27.7 Å². The molecule has 6 nitrogen and oxygen atoms in total. The highest BCUT2D eigenvalue weighted by Gasteiger charge is 2.51. The topological polar surface area (TPSA) is 102 Å². The van der Waals surface area contributed by atoms with Crippen LogP contribution >= 0.6 is 0 Å². The Bertz CT molecular complexity index is 556. The van der Waals surface area contributed by atoms with Crippen molar-refractivity contribution in [3.05, 3.63) is 29.8 Å². The molecule has 4 N–H and O–H groups in total. The maximum absolute atomic E-state index is 10.8. The first-order chi connectivity index (χ1) is 10.5. The molecular weight excluding hydrogens is 297 g/mol. The van der Waals surface area contributed by atoms with Crippen LogP contribution in [0.2, 0.25) is 0 Å². The van der Waals surface area contributed by atoms with E-state index in [2.05, 4.69) is 0 Å². The zero-order chi connectivity index (χ0) is 17.4. The summed E-state index contributed by atoms with van der Waals surface area (Å²) < 4.78 is 11.9. The lowest BCUT2D eigenvalue weighted by Gasteiger charge is -2.32. The minimum absolute atomic E-state index is 0.292. The highest BCUT2D eigenvalue weighted by atomic mass is 16.7. The van der Waals surface area contributed by atoms with Crippen LogP contribution in [-0.2, 0) is 14.1 Å². The minimum atomic E-state index is -1.23. The van der Waals surface area contributed by atoms with E-state index in [-0.39, 0.29) is 6.42 Å². The van der Waals surface area contributed by atoms with E-state index in [0.717, 1.165) is 5.46 Å². The Kier molecular flexibility index (Phi) is 4.87. The Morgan fingerprint density at radius 3 is 2.04 bits per heavy atom. The molecule has 1 aromatic rings. The van der Waals surface area contributed by atoms with Crippen molar-refractivity contribution >= 4 is 18.5 Å². The summed E-state index contributed by atoms with van der Waals surface area (Å²) in [5.74, 6) is -0.662. The van der Waals surface area contributed by atoms with E-state index >= 15 is 0 Å². The maximum Gasteiger partial charge on any atom is 0.494 e.